The average molecular weight is 572 g/mol. The number of piperazine rings is 1. The summed E-state index contributed by atoms with van der Waals surface area (Å²) in [6.45, 7) is 12.8. The minimum absolute atomic E-state index is 0.00592. The lowest BCUT2D eigenvalue weighted by Crippen LogP contribution is -2.55. The lowest BCUT2D eigenvalue weighted by atomic mass is 9.97. The van der Waals surface area contributed by atoms with Crippen molar-refractivity contribution in [2.45, 2.75) is 96.6 Å². The molecule has 41 heavy (non-hydrogen) atoms. The summed E-state index contributed by atoms with van der Waals surface area (Å²) in [6, 6.07) is 5.21. The maximum absolute atomic E-state index is 15.2. The summed E-state index contributed by atoms with van der Waals surface area (Å²) in [5.41, 5.74) is -0.264. The SMILES string of the molecule is CC(C)(C)OC(=O)N1CCN(c2ccc(C[C@@H](C#N)NC(=O)C3C4CCC(C4)N3C(=O)OC(C)(C)C)c(F)c2)CC1. The summed E-state index contributed by atoms with van der Waals surface area (Å²) < 4.78 is 26.2. The lowest BCUT2D eigenvalue weighted by molar-refractivity contribution is -0.128. The summed E-state index contributed by atoms with van der Waals surface area (Å²) in [7, 11) is 0. The van der Waals surface area contributed by atoms with Gasteiger partial charge in [0.2, 0.25) is 5.91 Å². The van der Waals surface area contributed by atoms with Crippen LogP contribution in [0, 0.1) is 23.1 Å². The van der Waals surface area contributed by atoms with E-state index in [0.717, 1.165) is 19.3 Å². The fraction of sp³-hybridized carbons (Fsp3) is 0.667. The zero-order valence-electron chi connectivity index (χ0n) is 24.9. The van der Waals surface area contributed by atoms with E-state index in [1.54, 1.807) is 37.8 Å². The summed E-state index contributed by atoms with van der Waals surface area (Å²) in [4.78, 5) is 43.7. The molecule has 2 saturated heterocycles. The standard InChI is InChI=1S/C30H42FN5O5/c1-29(2,3)40-27(38)35-13-11-34(12-14-35)22-9-7-19(24(31)17-22)15-21(18-32)33-26(37)25-20-8-10-23(16-20)36(25)28(39)41-30(4,5)6/h7,9,17,20-21,23,25H,8,10-16H2,1-6H3,(H,33,37)/t20?,21-,23?,25?/m0/s1. The predicted molar refractivity (Wildman–Crippen MR) is 151 cm³/mol. The monoisotopic (exact) mass is 571 g/mol. The van der Waals surface area contributed by atoms with Crippen LogP contribution >= 0.6 is 0 Å². The van der Waals surface area contributed by atoms with E-state index in [2.05, 4.69) is 11.4 Å². The Kier molecular flexibility index (Phi) is 8.71. The Bertz CT molecular complexity index is 1200. The molecule has 3 fully saturated rings. The van der Waals surface area contributed by atoms with E-state index >= 15 is 4.39 Å². The van der Waals surface area contributed by atoms with Gasteiger partial charge in [-0.3, -0.25) is 9.69 Å². The first-order chi connectivity index (χ1) is 19.1. The maximum atomic E-state index is 15.2. The molecule has 4 rings (SSSR count). The Morgan fingerprint density at radius 3 is 2.24 bits per heavy atom. The molecule has 1 saturated carbocycles. The molecule has 2 heterocycles. The molecular weight excluding hydrogens is 529 g/mol. The molecule has 0 spiro atoms. The van der Waals surface area contributed by atoms with Crippen LogP contribution in [0.4, 0.5) is 19.7 Å². The second kappa shape index (κ2) is 11.7. The molecule has 0 aromatic heterocycles. The fourth-order valence-electron chi connectivity index (χ4n) is 5.88. The normalized spacial score (nSPS) is 23.2. The summed E-state index contributed by atoms with van der Waals surface area (Å²) in [6.07, 6.45) is 1.50. The van der Waals surface area contributed by atoms with Crippen molar-refractivity contribution in [3.63, 3.8) is 0 Å². The van der Waals surface area contributed by atoms with Gasteiger partial charge in [0, 0.05) is 44.3 Å². The number of halogens is 1. The van der Waals surface area contributed by atoms with Gasteiger partial charge in [0.25, 0.3) is 0 Å². The van der Waals surface area contributed by atoms with Gasteiger partial charge in [0.05, 0.1) is 6.07 Å². The molecule has 3 unspecified atom stereocenters. The topological polar surface area (TPSA) is 115 Å². The Balaban J connectivity index is 1.35. The number of carbonyl (C=O) groups excluding carboxylic acids is 3. The predicted octanol–water partition coefficient (Wildman–Crippen LogP) is 4.22. The number of nitriles is 1. The van der Waals surface area contributed by atoms with Gasteiger partial charge in [-0.15, -0.1) is 0 Å². The molecule has 0 radical (unpaired) electrons. The molecule has 3 amide bonds. The minimum Gasteiger partial charge on any atom is -0.444 e. The summed E-state index contributed by atoms with van der Waals surface area (Å²) >= 11 is 0. The van der Waals surface area contributed by atoms with Gasteiger partial charge in [-0.2, -0.15) is 5.26 Å². The minimum atomic E-state index is -0.958. The van der Waals surface area contributed by atoms with Gasteiger partial charge < -0.3 is 24.6 Å². The number of benzene rings is 1. The van der Waals surface area contributed by atoms with Crippen molar-refractivity contribution in [1.29, 1.82) is 5.26 Å². The number of amides is 3. The van der Waals surface area contributed by atoms with Gasteiger partial charge in [0.15, 0.2) is 0 Å². The van der Waals surface area contributed by atoms with E-state index in [0.29, 0.717) is 37.4 Å². The highest BCUT2D eigenvalue weighted by Gasteiger charge is 2.52. The Morgan fingerprint density at radius 2 is 1.66 bits per heavy atom. The molecule has 3 aliphatic rings. The molecule has 2 aliphatic heterocycles. The van der Waals surface area contributed by atoms with Crippen molar-refractivity contribution in [2.75, 3.05) is 31.1 Å². The first-order valence-corrected chi connectivity index (χ1v) is 14.4. The average Bonchev–Trinajstić information content (AvgIpc) is 3.49. The third kappa shape index (κ3) is 7.40. The highest BCUT2D eigenvalue weighted by atomic mass is 19.1. The number of likely N-dealkylation sites (tertiary alicyclic amines) is 1. The van der Waals surface area contributed by atoms with Crippen LogP contribution in [-0.2, 0) is 20.7 Å². The zero-order valence-corrected chi connectivity index (χ0v) is 24.9. The Morgan fingerprint density at radius 1 is 1.02 bits per heavy atom. The van der Waals surface area contributed by atoms with E-state index in [9.17, 15) is 19.6 Å². The molecule has 10 nitrogen and oxygen atoms in total. The number of rotatable bonds is 5. The molecular formula is C30H42FN5O5. The fourth-order valence-corrected chi connectivity index (χ4v) is 5.88. The van der Waals surface area contributed by atoms with Gasteiger partial charge in [-0.1, -0.05) is 6.07 Å². The van der Waals surface area contributed by atoms with Crippen molar-refractivity contribution in [1.82, 2.24) is 15.1 Å². The molecule has 1 aromatic carbocycles. The van der Waals surface area contributed by atoms with E-state index in [4.69, 9.17) is 9.47 Å². The zero-order chi connectivity index (χ0) is 30.1. The van der Waals surface area contributed by atoms with Crippen molar-refractivity contribution < 1.29 is 28.2 Å². The van der Waals surface area contributed by atoms with Gasteiger partial charge in [0.1, 0.15) is 29.1 Å². The van der Waals surface area contributed by atoms with E-state index in [1.807, 2.05) is 25.7 Å². The quantitative estimate of drug-likeness (QED) is 0.563. The third-order valence-electron chi connectivity index (χ3n) is 7.69. The molecule has 1 N–H and O–H groups in total. The molecule has 1 aromatic rings. The number of carbonyl (C=O) groups is 3. The lowest BCUT2D eigenvalue weighted by Gasteiger charge is -2.36. The van der Waals surface area contributed by atoms with E-state index in [1.165, 1.54) is 11.0 Å². The second-order valence-corrected chi connectivity index (χ2v) is 13.2. The summed E-state index contributed by atoms with van der Waals surface area (Å²) in [5.74, 6) is -0.866. The highest BCUT2D eigenvalue weighted by Crippen LogP contribution is 2.43. The van der Waals surface area contributed by atoms with E-state index < -0.39 is 41.1 Å². The highest BCUT2D eigenvalue weighted by molar-refractivity contribution is 5.87. The van der Waals surface area contributed by atoms with Crippen molar-refractivity contribution in [3.05, 3.63) is 29.6 Å². The number of nitrogens with one attached hydrogen (secondary N) is 1. The van der Waals surface area contributed by atoms with Crippen LogP contribution in [0.2, 0.25) is 0 Å². The second-order valence-electron chi connectivity index (χ2n) is 13.2. The van der Waals surface area contributed by atoms with Crippen molar-refractivity contribution in [2.24, 2.45) is 5.92 Å². The number of fused-ring (bicyclic) bond motifs is 2. The first-order valence-electron chi connectivity index (χ1n) is 14.4. The number of piperidine rings is 1. The van der Waals surface area contributed by atoms with Gasteiger partial charge in [-0.05, 0) is 84.4 Å². The van der Waals surface area contributed by atoms with Crippen molar-refractivity contribution in [3.8, 4) is 6.07 Å². The first kappa shape index (κ1) is 30.4. The number of hydrogen-bond acceptors (Lipinski definition) is 7. The molecule has 11 heteroatoms. The van der Waals surface area contributed by atoms with Crippen LogP contribution in [0.1, 0.15) is 66.4 Å². The molecule has 1 aliphatic carbocycles. The Labute approximate surface area is 241 Å². The Hall–Kier alpha value is -3.55. The van der Waals surface area contributed by atoms with Gasteiger partial charge in [-0.25, -0.2) is 14.0 Å². The maximum Gasteiger partial charge on any atom is 0.411 e. The summed E-state index contributed by atoms with van der Waals surface area (Å²) in [5, 5.41) is 12.5. The molecule has 224 valence electrons. The van der Waals surface area contributed by atoms with Crippen LogP contribution in [0.25, 0.3) is 0 Å². The van der Waals surface area contributed by atoms with Crippen LogP contribution < -0.4 is 10.2 Å². The third-order valence-corrected chi connectivity index (χ3v) is 7.69. The van der Waals surface area contributed by atoms with Crippen molar-refractivity contribution >= 4 is 23.8 Å². The smallest absolute Gasteiger partial charge is 0.411 e. The molecule has 2 bridgehead atoms. The van der Waals surface area contributed by atoms with E-state index in [-0.39, 0.29) is 24.5 Å². The van der Waals surface area contributed by atoms with Crippen LogP contribution in [-0.4, -0.2) is 83.4 Å². The molecule has 4 atom stereocenters. The number of nitrogens with zero attached hydrogens (tertiary/aromatic N) is 4. The van der Waals surface area contributed by atoms with Gasteiger partial charge >= 0.3 is 12.2 Å². The number of hydrogen-bond donors (Lipinski definition) is 1. The van der Waals surface area contributed by atoms with Crippen LogP contribution in [0.15, 0.2) is 18.2 Å². The number of anilines is 1. The van der Waals surface area contributed by atoms with Crippen LogP contribution in [0.5, 0.6) is 0 Å². The van der Waals surface area contributed by atoms with Crippen LogP contribution in [0.3, 0.4) is 0 Å². The number of ether oxygens (including phenoxy) is 2. The largest absolute Gasteiger partial charge is 0.444 e.